The molecular weight excluding hydrogens is 442 g/mol. The normalized spacial score (nSPS) is 16.1. The van der Waals surface area contributed by atoms with E-state index >= 15 is 0 Å². The van der Waals surface area contributed by atoms with Gasteiger partial charge in [0, 0.05) is 23.7 Å². The zero-order chi connectivity index (χ0) is 22.7. The molecule has 0 aromatic heterocycles. The molecular formula is C26H26ClNO3S. The molecule has 1 aliphatic rings. The fourth-order valence-electron chi connectivity index (χ4n) is 4.36. The molecule has 3 aromatic carbocycles. The molecule has 1 N–H and O–H groups in total. The van der Waals surface area contributed by atoms with Gasteiger partial charge in [0.05, 0.1) is 12.9 Å². The number of sulfonamides is 1. The van der Waals surface area contributed by atoms with Crippen LogP contribution in [0.1, 0.15) is 33.7 Å². The first-order chi connectivity index (χ1) is 15.3. The Balaban J connectivity index is 1.85. The van der Waals surface area contributed by atoms with Crippen LogP contribution in [0.5, 0.6) is 0 Å². The number of fused-ring (bicyclic) bond motifs is 2. The molecule has 6 heteroatoms. The van der Waals surface area contributed by atoms with Crippen LogP contribution in [-0.4, -0.2) is 28.4 Å². The second-order valence-corrected chi connectivity index (χ2v) is 10.3. The summed E-state index contributed by atoms with van der Waals surface area (Å²) in [4.78, 5) is 0. The van der Waals surface area contributed by atoms with Crippen molar-refractivity contribution in [3.8, 4) is 0 Å². The number of benzene rings is 3. The van der Waals surface area contributed by atoms with E-state index < -0.39 is 10.0 Å². The number of rotatable bonds is 6. The fourth-order valence-corrected chi connectivity index (χ4v) is 5.11. The molecule has 1 atom stereocenters. The van der Waals surface area contributed by atoms with Crippen LogP contribution in [0.25, 0.3) is 5.57 Å². The Hall–Kier alpha value is -2.60. The number of methoxy groups -OCH3 is 1. The van der Waals surface area contributed by atoms with E-state index in [2.05, 4.69) is 47.2 Å². The zero-order valence-corrected chi connectivity index (χ0v) is 19.7. The molecule has 166 valence electrons. The molecule has 4 nitrogen and oxygen atoms in total. The zero-order valence-electron chi connectivity index (χ0n) is 18.1. The molecule has 0 saturated carbocycles. The van der Waals surface area contributed by atoms with Gasteiger partial charge in [-0.1, -0.05) is 60.1 Å². The number of halogens is 1. The van der Waals surface area contributed by atoms with Gasteiger partial charge < -0.3 is 4.74 Å². The molecule has 0 heterocycles. The Morgan fingerprint density at radius 2 is 1.78 bits per heavy atom. The van der Waals surface area contributed by atoms with Crippen molar-refractivity contribution >= 4 is 32.9 Å². The van der Waals surface area contributed by atoms with Crippen LogP contribution in [0.2, 0.25) is 5.02 Å². The number of aryl methyl sites for hydroxylation is 2. The summed E-state index contributed by atoms with van der Waals surface area (Å²) in [5.74, 6) is 0.0395. The Bertz CT molecular complexity index is 1270. The average molecular weight is 468 g/mol. The molecule has 0 spiro atoms. The minimum atomic E-state index is -3.36. The van der Waals surface area contributed by atoms with E-state index in [0.29, 0.717) is 12.3 Å². The summed E-state index contributed by atoms with van der Waals surface area (Å²) in [5.41, 5.74) is 7.51. The summed E-state index contributed by atoms with van der Waals surface area (Å²) in [6.07, 6.45) is 5.28. The molecule has 3 aromatic rings. The van der Waals surface area contributed by atoms with Crippen molar-refractivity contribution in [2.24, 2.45) is 0 Å². The van der Waals surface area contributed by atoms with Gasteiger partial charge in [0.2, 0.25) is 10.0 Å². The summed E-state index contributed by atoms with van der Waals surface area (Å²) in [6, 6.07) is 22.1. The summed E-state index contributed by atoms with van der Waals surface area (Å²) >= 11 is 6.32. The quantitative estimate of drug-likeness (QED) is 0.508. The summed E-state index contributed by atoms with van der Waals surface area (Å²) in [7, 11) is -1.69. The van der Waals surface area contributed by atoms with Crippen molar-refractivity contribution in [2.75, 3.05) is 24.7 Å². The van der Waals surface area contributed by atoms with Crippen LogP contribution in [0.4, 0.5) is 5.69 Å². The largest absolute Gasteiger partial charge is 0.380 e. The van der Waals surface area contributed by atoms with E-state index in [1.165, 1.54) is 22.3 Å². The van der Waals surface area contributed by atoms with Gasteiger partial charge in [0.1, 0.15) is 0 Å². The SMILES string of the molecule is COC/C(=C\C1c2ccccc2CCc2cc(Cl)ccc21)c1cccc(NS(C)(=O)=O)c1. The van der Waals surface area contributed by atoms with Gasteiger partial charge in [-0.2, -0.15) is 0 Å². The van der Waals surface area contributed by atoms with E-state index in [9.17, 15) is 8.42 Å². The average Bonchev–Trinajstić information content (AvgIpc) is 2.89. The van der Waals surface area contributed by atoms with Gasteiger partial charge in [0.25, 0.3) is 0 Å². The first-order valence-electron chi connectivity index (χ1n) is 10.5. The van der Waals surface area contributed by atoms with E-state index in [-0.39, 0.29) is 5.92 Å². The molecule has 0 bridgehead atoms. The number of hydrogen-bond donors (Lipinski definition) is 1. The minimum absolute atomic E-state index is 0.0395. The Labute approximate surface area is 194 Å². The first-order valence-corrected chi connectivity index (χ1v) is 12.7. The van der Waals surface area contributed by atoms with Gasteiger partial charge in [-0.05, 0) is 70.5 Å². The van der Waals surface area contributed by atoms with Gasteiger partial charge in [-0.3, -0.25) is 4.72 Å². The maximum Gasteiger partial charge on any atom is 0.229 e. The second-order valence-electron chi connectivity index (χ2n) is 8.10. The lowest BCUT2D eigenvalue weighted by Crippen LogP contribution is -2.10. The molecule has 1 aliphatic carbocycles. The molecule has 4 rings (SSSR count). The van der Waals surface area contributed by atoms with Crippen LogP contribution < -0.4 is 4.72 Å². The van der Waals surface area contributed by atoms with Crippen molar-refractivity contribution < 1.29 is 13.2 Å². The maximum atomic E-state index is 11.7. The van der Waals surface area contributed by atoms with Crippen LogP contribution in [0, 0.1) is 0 Å². The van der Waals surface area contributed by atoms with E-state index in [1.54, 1.807) is 13.2 Å². The van der Waals surface area contributed by atoms with Gasteiger partial charge >= 0.3 is 0 Å². The molecule has 0 saturated heterocycles. The lowest BCUT2D eigenvalue weighted by molar-refractivity contribution is 0.239. The molecule has 0 aliphatic heterocycles. The van der Waals surface area contributed by atoms with Crippen molar-refractivity contribution in [2.45, 2.75) is 18.8 Å². The van der Waals surface area contributed by atoms with Crippen molar-refractivity contribution in [3.63, 3.8) is 0 Å². The van der Waals surface area contributed by atoms with Gasteiger partial charge in [0.15, 0.2) is 0 Å². The lowest BCUT2D eigenvalue weighted by atomic mass is 9.85. The molecule has 0 fully saturated rings. The molecule has 0 radical (unpaired) electrons. The summed E-state index contributed by atoms with van der Waals surface area (Å²) in [5, 5.41) is 0.745. The van der Waals surface area contributed by atoms with Crippen LogP contribution in [-0.2, 0) is 27.6 Å². The molecule has 32 heavy (non-hydrogen) atoms. The second kappa shape index (κ2) is 9.49. The standard InChI is InChI=1S/C26H26ClNO3S/c1-31-17-21(19-7-5-8-23(15-19)28-32(2,29)30)16-26-24-9-4-3-6-18(24)10-11-20-14-22(27)12-13-25(20)26/h3-9,12-16,26,28H,10-11,17H2,1-2H3/b21-16+. The third-order valence-corrected chi connectivity index (χ3v) is 6.54. The van der Waals surface area contributed by atoms with E-state index in [0.717, 1.165) is 35.3 Å². The highest BCUT2D eigenvalue weighted by Crippen LogP contribution is 2.38. The van der Waals surface area contributed by atoms with Gasteiger partial charge in [-0.15, -0.1) is 0 Å². The first kappa shape index (κ1) is 22.6. The van der Waals surface area contributed by atoms with E-state index in [4.69, 9.17) is 16.3 Å². The lowest BCUT2D eigenvalue weighted by Gasteiger charge is -2.20. The topological polar surface area (TPSA) is 55.4 Å². The number of nitrogens with one attached hydrogen (secondary N) is 1. The highest BCUT2D eigenvalue weighted by molar-refractivity contribution is 7.92. The van der Waals surface area contributed by atoms with Crippen LogP contribution in [0.15, 0.2) is 72.8 Å². The third kappa shape index (κ3) is 5.23. The maximum absolute atomic E-state index is 11.7. The Kier molecular flexibility index (Phi) is 6.70. The Morgan fingerprint density at radius 1 is 1.03 bits per heavy atom. The van der Waals surface area contributed by atoms with Gasteiger partial charge in [-0.25, -0.2) is 8.42 Å². The highest BCUT2D eigenvalue weighted by Gasteiger charge is 2.23. The Morgan fingerprint density at radius 3 is 2.56 bits per heavy atom. The highest BCUT2D eigenvalue weighted by atomic mass is 35.5. The number of allylic oxidation sites excluding steroid dienone is 1. The van der Waals surface area contributed by atoms with E-state index in [1.807, 2.05) is 24.3 Å². The monoisotopic (exact) mass is 467 g/mol. The fraction of sp³-hybridized carbons (Fsp3) is 0.231. The molecule has 0 amide bonds. The summed E-state index contributed by atoms with van der Waals surface area (Å²) < 4.78 is 31.5. The number of ether oxygens (including phenoxy) is 1. The minimum Gasteiger partial charge on any atom is -0.380 e. The predicted molar refractivity (Wildman–Crippen MR) is 132 cm³/mol. The van der Waals surface area contributed by atoms with Crippen molar-refractivity contribution in [1.82, 2.24) is 0 Å². The van der Waals surface area contributed by atoms with Crippen LogP contribution in [0.3, 0.4) is 0 Å². The third-order valence-electron chi connectivity index (χ3n) is 5.70. The molecule has 1 unspecified atom stereocenters. The van der Waals surface area contributed by atoms with Crippen molar-refractivity contribution in [3.05, 3.63) is 106 Å². The predicted octanol–water partition coefficient (Wildman–Crippen LogP) is 5.67. The smallest absolute Gasteiger partial charge is 0.229 e. The van der Waals surface area contributed by atoms with Crippen LogP contribution >= 0.6 is 11.6 Å². The number of anilines is 1. The summed E-state index contributed by atoms with van der Waals surface area (Å²) in [6.45, 7) is 0.407. The number of hydrogen-bond acceptors (Lipinski definition) is 3. The van der Waals surface area contributed by atoms with Crippen molar-refractivity contribution in [1.29, 1.82) is 0 Å².